The maximum atomic E-state index is 11.2. The zero-order chi connectivity index (χ0) is 11.3. The summed E-state index contributed by atoms with van der Waals surface area (Å²) in [6, 6.07) is 3.46. The van der Waals surface area contributed by atoms with Gasteiger partial charge in [-0.1, -0.05) is 31.5 Å². The number of hydrogen-bond donors (Lipinski definition) is 0. The van der Waals surface area contributed by atoms with Crippen LogP contribution in [0.2, 0.25) is 5.15 Å². The molecule has 0 unspecified atom stereocenters. The van der Waals surface area contributed by atoms with Gasteiger partial charge in [0.15, 0.2) is 0 Å². The molecule has 0 aliphatic carbocycles. The van der Waals surface area contributed by atoms with Crippen LogP contribution in [0.25, 0.3) is 0 Å². The monoisotopic (exact) mass is 227 g/mol. The maximum absolute atomic E-state index is 11.2. The summed E-state index contributed by atoms with van der Waals surface area (Å²) in [5, 5.41) is 0.437. The number of rotatable bonds is 4. The van der Waals surface area contributed by atoms with Crippen molar-refractivity contribution in [1.82, 2.24) is 4.98 Å². The van der Waals surface area contributed by atoms with Gasteiger partial charge in [0.1, 0.15) is 11.8 Å². The Balaban J connectivity index is 2.37. The summed E-state index contributed by atoms with van der Waals surface area (Å²) in [6.45, 7) is 4.21. The van der Waals surface area contributed by atoms with E-state index in [9.17, 15) is 4.79 Å². The van der Waals surface area contributed by atoms with E-state index < -0.39 is 0 Å². The van der Waals surface area contributed by atoms with Crippen LogP contribution in [-0.2, 0) is 16.1 Å². The Morgan fingerprint density at radius 2 is 2.27 bits per heavy atom. The molecule has 0 aliphatic rings. The summed E-state index contributed by atoms with van der Waals surface area (Å²) in [6.07, 6.45) is 2.05. The van der Waals surface area contributed by atoms with Crippen molar-refractivity contribution >= 4 is 17.6 Å². The largest absolute Gasteiger partial charge is 0.461 e. The Morgan fingerprint density at radius 3 is 2.80 bits per heavy atom. The first-order valence-corrected chi connectivity index (χ1v) is 5.22. The van der Waals surface area contributed by atoms with Gasteiger partial charge in [0.25, 0.3) is 0 Å². The summed E-state index contributed by atoms with van der Waals surface area (Å²) in [7, 11) is 0. The Kier molecular flexibility index (Phi) is 4.56. The van der Waals surface area contributed by atoms with E-state index in [-0.39, 0.29) is 12.6 Å². The molecule has 1 aromatic heterocycles. The third-order valence-electron chi connectivity index (χ3n) is 1.76. The van der Waals surface area contributed by atoms with Gasteiger partial charge < -0.3 is 4.74 Å². The lowest BCUT2D eigenvalue weighted by molar-refractivity contribution is -0.145. The van der Waals surface area contributed by atoms with Gasteiger partial charge in [-0.25, -0.2) is 4.98 Å². The SMILES string of the molecule is CC(C)CC(=O)OCc1ccc(Cl)nc1. The highest BCUT2D eigenvalue weighted by atomic mass is 35.5. The minimum absolute atomic E-state index is 0.181. The van der Waals surface area contributed by atoms with E-state index in [2.05, 4.69) is 4.98 Å². The molecule has 0 fully saturated rings. The lowest BCUT2D eigenvalue weighted by Gasteiger charge is -2.06. The molecule has 0 spiro atoms. The fourth-order valence-corrected chi connectivity index (χ4v) is 1.16. The predicted molar refractivity (Wildman–Crippen MR) is 58.5 cm³/mol. The van der Waals surface area contributed by atoms with Crippen LogP contribution in [-0.4, -0.2) is 11.0 Å². The quantitative estimate of drug-likeness (QED) is 0.587. The van der Waals surface area contributed by atoms with Gasteiger partial charge >= 0.3 is 5.97 Å². The van der Waals surface area contributed by atoms with Gasteiger partial charge in [0.2, 0.25) is 0 Å². The maximum Gasteiger partial charge on any atom is 0.306 e. The average Bonchev–Trinajstić information content (AvgIpc) is 2.16. The minimum Gasteiger partial charge on any atom is -0.461 e. The third-order valence-corrected chi connectivity index (χ3v) is 1.99. The third kappa shape index (κ3) is 4.79. The molecule has 0 amide bonds. The Labute approximate surface area is 94.4 Å². The van der Waals surface area contributed by atoms with Crippen LogP contribution < -0.4 is 0 Å². The van der Waals surface area contributed by atoms with Crippen LogP contribution >= 0.6 is 11.6 Å². The van der Waals surface area contributed by atoms with Gasteiger partial charge in [0, 0.05) is 18.2 Å². The molecule has 15 heavy (non-hydrogen) atoms. The molecule has 0 saturated carbocycles. The molecule has 0 aliphatic heterocycles. The molecule has 0 saturated heterocycles. The number of nitrogens with zero attached hydrogens (tertiary/aromatic N) is 1. The number of carbonyl (C=O) groups is 1. The van der Waals surface area contributed by atoms with E-state index in [0.29, 0.717) is 17.5 Å². The number of ether oxygens (including phenoxy) is 1. The molecule has 0 radical (unpaired) electrons. The molecule has 0 bridgehead atoms. The van der Waals surface area contributed by atoms with Gasteiger partial charge in [0.05, 0.1) is 0 Å². The number of hydrogen-bond acceptors (Lipinski definition) is 3. The van der Waals surface area contributed by atoms with Crippen molar-refractivity contribution in [2.75, 3.05) is 0 Å². The number of esters is 1. The molecule has 1 aromatic rings. The molecular weight excluding hydrogens is 214 g/mol. The lowest BCUT2D eigenvalue weighted by Crippen LogP contribution is -2.07. The first-order chi connectivity index (χ1) is 7.08. The van der Waals surface area contributed by atoms with Crippen LogP contribution in [0.15, 0.2) is 18.3 Å². The smallest absolute Gasteiger partial charge is 0.306 e. The highest BCUT2D eigenvalue weighted by Gasteiger charge is 2.06. The molecule has 0 N–H and O–H groups in total. The van der Waals surface area contributed by atoms with Crippen molar-refractivity contribution < 1.29 is 9.53 Å². The zero-order valence-corrected chi connectivity index (χ0v) is 9.62. The first-order valence-electron chi connectivity index (χ1n) is 4.84. The van der Waals surface area contributed by atoms with Crippen LogP contribution in [0, 0.1) is 5.92 Å². The Morgan fingerprint density at radius 1 is 1.53 bits per heavy atom. The predicted octanol–water partition coefficient (Wildman–Crippen LogP) is 2.82. The summed E-state index contributed by atoms with van der Waals surface area (Å²) in [5.41, 5.74) is 0.844. The van der Waals surface area contributed by atoms with E-state index in [1.165, 1.54) is 0 Å². The van der Waals surface area contributed by atoms with E-state index in [1.807, 2.05) is 13.8 Å². The molecule has 1 rings (SSSR count). The molecule has 82 valence electrons. The highest BCUT2D eigenvalue weighted by molar-refractivity contribution is 6.29. The highest BCUT2D eigenvalue weighted by Crippen LogP contribution is 2.08. The fraction of sp³-hybridized carbons (Fsp3) is 0.455. The van der Waals surface area contributed by atoms with Crippen molar-refractivity contribution in [3.63, 3.8) is 0 Å². The van der Waals surface area contributed by atoms with Crippen molar-refractivity contribution in [2.45, 2.75) is 26.9 Å². The number of carbonyl (C=O) groups excluding carboxylic acids is 1. The number of aromatic nitrogens is 1. The second-order valence-electron chi connectivity index (χ2n) is 3.75. The van der Waals surface area contributed by atoms with Crippen LogP contribution in [0.4, 0.5) is 0 Å². The average molecular weight is 228 g/mol. The second kappa shape index (κ2) is 5.71. The van der Waals surface area contributed by atoms with E-state index in [0.717, 1.165) is 5.56 Å². The molecule has 3 nitrogen and oxygen atoms in total. The Hall–Kier alpha value is -1.09. The van der Waals surface area contributed by atoms with Gasteiger partial charge in [-0.3, -0.25) is 4.79 Å². The summed E-state index contributed by atoms with van der Waals surface area (Å²) in [5.74, 6) is 0.140. The topological polar surface area (TPSA) is 39.2 Å². The van der Waals surface area contributed by atoms with Gasteiger partial charge in [-0.05, 0) is 12.0 Å². The summed E-state index contributed by atoms with van der Waals surface area (Å²) < 4.78 is 5.06. The van der Waals surface area contributed by atoms with Crippen LogP contribution in [0.3, 0.4) is 0 Å². The van der Waals surface area contributed by atoms with E-state index in [4.69, 9.17) is 16.3 Å². The van der Waals surface area contributed by atoms with Crippen molar-refractivity contribution in [3.05, 3.63) is 29.0 Å². The second-order valence-corrected chi connectivity index (χ2v) is 4.14. The Bertz CT molecular complexity index is 322. The summed E-state index contributed by atoms with van der Waals surface area (Å²) in [4.78, 5) is 15.1. The molecular formula is C11H14ClNO2. The van der Waals surface area contributed by atoms with Crippen molar-refractivity contribution in [3.8, 4) is 0 Å². The van der Waals surface area contributed by atoms with E-state index >= 15 is 0 Å². The zero-order valence-electron chi connectivity index (χ0n) is 8.87. The fourth-order valence-electron chi connectivity index (χ4n) is 1.05. The van der Waals surface area contributed by atoms with E-state index in [1.54, 1.807) is 18.3 Å². The number of pyridine rings is 1. The molecule has 1 heterocycles. The van der Waals surface area contributed by atoms with Crippen molar-refractivity contribution in [2.24, 2.45) is 5.92 Å². The molecule has 0 aromatic carbocycles. The molecule has 4 heteroatoms. The standard InChI is InChI=1S/C11H14ClNO2/c1-8(2)5-11(14)15-7-9-3-4-10(12)13-6-9/h3-4,6,8H,5,7H2,1-2H3. The summed E-state index contributed by atoms with van der Waals surface area (Å²) >= 11 is 5.62. The van der Waals surface area contributed by atoms with Crippen LogP contribution in [0.5, 0.6) is 0 Å². The minimum atomic E-state index is -0.181. The van der Waals surface area contributed by atoms with Crippen molar-refractivity contribution in [1.29, 1.82) is 0 Å². The number of halogens is 1. The van der Waals surface area contributed by atoms with Gasteiger partial charge in [-0.15, -0.1) is 0 Å². The lowest BCUT2D eigenvalue weighted by atomic mass is 10.1. The van der Waals surface area contributed by atoms with Gasteiger partial charge in [-0.2, -0.15) is 0 Å². The van der Waals surface area contributed by atoms with Crippen LogP contribution in [0.1, 0.15) is 25.8 Å². The normalized spacial score (nSPS) is 10.4. The molecule has 0 atom stereocenters. The first kappa shape index (κ1) is 12.0.